The fourth-order valence-electron chi connectivity index (χ4n) is 5.27. The number of benzene rings is 3. The Morgan fingerprint density at radius 1 is 1.10 bits per heavy atom. The summed E-state index contributed by atoms with van der Waals surface area (Å²) in [7, 11) is -2.27. The number of ether oxygens (including phenoxy) is 1. The van der Waals surface area contributed by atoms with Crippen molar-refractivity contribution in [3.63, 3.8) is 0 Å². The molecule has 1 atom stereocenters. The number of anilines is 2. The summed E-state index contributed by atoms with van der Waals surface area (Å²) >= 11 is 0. The van der Waals surface area contributed by atoms with E-state index in [2.05, 4.69) is 5.32 Å². The maximum Gasteiger partial charge on any atom is 0.335 e. The van der Waals surface area contributed by atoms with Crippen LogP contribution in [0.5, 0.6) is 0 Å². The van der Waals surface area contributed by atoms with Gasteiger partial charge >= 0.3 is 5.97 Å². The van der Waals surface area contributed by atoms with E-state index in [4.69, 9.17) is 9.84 Å². The first-order chi connectivity index (χ1) is 18.7. The first kappa shape index (κ1) is 26.8. The standard InChI is InChI=1S/C28H29N3O7S/c1-38-16-4-15-31-24-13-12-23(21-6-2-7-22(25(21)24)27(31)33)29-26(32)19-5-3-14-30(17-19)39(36,37)20-10-8-18(9-11-20)28(34)35/h2,6-13,19H,3-5,14-17H2,1H3,(H,29,32)(H,34,35). The second-order valence-corrected chi connectivity index (χ2v) is 11.6. The summed E-state index contributed by atoms with van der Waals surface area (Å²) in [6.45, 7) is 1.35. The molecule has 204 valence electrons. The van der Waals surface area contributed by atoms with E-state index in [0.29, 0.717) is 43.7 Å². The van der Waals surface area contributed by atoms with Crippen molar-refractivity contribution in [3.8, 4) is 0 Å². The van der Waals surface area contributed by atoms with Crippen molar-refractivity contribution >= 4 is 50.0 Å². The summed E-state index contributed by atoms with van der Waals surface area (Å²) in [6.07, 6.45) is 1.74. The van der Waals surface area contributed by atoms with Gasteiger partial charge in [0.05, 0.1) is 22.1 Å². The number of carbonyl (C=O) groups is 3. The average molecular weight is 552 g/mol. The molecule has 2 N–H and O–H groups in total. The second-order valence-electron chi connectivity index (χ2n) is 9.68. The van der Waals surface area contributed by atoms with Crippen molar-refractivity contribution in [2.75, 3.05) is 43.6 Å². The van der Waals surface area contributed by atoms with Crippen LogP contribution in [0.1, 0.15) is 40.0 Å². The monoisotopic (exact) mass is 551 g/mol. The molecule has 3 aromatic carbocycles. The molecule has 0 aliphatic carbocycles. The fraction of sp³-hybridized carbons (Fsp3) is 0.321. The number of carbonyl (C=O) groups excluding carboxylic acids is 2. The number of nitrogens with one attached hydrogen (secondary N) is 1. The van der Waals surface area contributed by atoms with Crippen LogP contribution in [0.25, 0.3) is 10.8 Å². The van der Waals surface area contributed by atoms with E-state index < -0.39 is 21.9 Å². The Bertz CT molecular complexity index is 1550. The van der Waals surface area contributed by atoms with Crippen molar-refractivity contribution in [2.24, 2.45) is 5.92 Å². The summed E-state index contributed by atoms with van der Waals surface area (Å²) in [5.41, 5.74) is 1.94. The minimum atomic E-state index is -3.89. The molecule has 1 saturated heterocycles. The summed E-state index contributed by atoms with van der Waals surface area (Å²) in [6, 6.07) is 14.1. The van der Waals surface area contributed by atoms with Crippen LogP contribution in [-0.2, 0) is 19.6 Å². The van der Waals surface area contributed by atoms with Crippen LogP contribution in [-0.4, -0.2) is 69.0 Å². The second kappa shape index (κ2) is 10.8. The van der Waals surface area contributed by atoms with Crippen molar-refractivity contribution < 1.29 is 32.6 Å². The molecular weight excluding hydrogens is 522 g/mol. The largest absolute Gasteiger partial charge is 0.478 e. The van der Waals surface area contributed by atoms with Crippen LogP contribution in [0.2, 0.25) is 0 Å². The quantitative estimate of drug-likeness (QED) is 0.389. The molecule has 39 heavy (non-hydrogen) atoms. The van der Waals surface area contributed by atoms with E-state index in [1.807, 2.05) is 12.1 Å². The third-order valence-electron chi connectivity index (χ3n) is 7.27. The first-order valence-corrected chi connectivity index (χ1v) is 14.2. The van der Waals surface area contributed by atoms with E-state index >= 15 is 0 Å². The minimum absolute atomic E-state index is 0.00462. The van der Waals surface area contributed by atoms with Gasteiger partial charge in [0.2, 0.25) is 15.9 Å². The van der Waals surface area contributed by atoms with Gasteiger partial charge in [-0.15, -0.1) is 0 Å². The first-order valence-electron chi connectivity index (χ1n) is 12.7. The smallest absolute Gasteiger partial charge is 0.335 e. The third-order valence-corrected chi connectivity index (χ3v) is 9.15. The molecule has 2 amide bonds. The molecule has 0 bridgehead atoms. The Morgan fingerprint density at radius 2 is 1.87 bits per heavy atom. The van der Waals surface area contributed by atoms with Gasteiger partial charge in [-0.25, -0.2) is 13.2 Å². The zero-order valence-corrected chi connectivity index (χ0v) is 22.2. The maximum atomic E-state index is 13.3. The number of methoxy groups -OCH3 is 1. The zero-order chi connectivity index (χ0) is 27.7. The van der Waals surface area contributed by atoms with Gasteiger partial charge in [0.25, 0.3) is 5.91 Å². The van der Waals surface area contributed by atoms with Crippen LogP contribution < -0.4 is 10.2 Å². The van der Waals surface area contributed by atoms with Gasteiger partial charge in [0.15, 0.2) is 0 Å². The molecule has 1 unspecified atom stereocenters. The van der Waals surface area contributed by atoms with Crippen molar-refractivity contribution in [2.45, 2.75) is 24.2 Å². The Labute approximate surface area is 226 Å². The highest BCUT2D eigenvalue weighted by Gasteiger charge is 2.34. The van der Waals surface area contributed by atoms with E-state index in [1.54, 1.807) is 30.2 Å². The van der Waals surface area contributed by atoms with Gasteiger partial charge in [-0.2, -0.15) is 4.31 Å². The van der Waals surface area contributed by atoms with Crippen molar-refractivity contribution in [1.82, 2.24) is 4.31 Å². The number of rotatable bonds is 9. The van der Waals surface area contributed by atoms with E-state index in [0.717, 1.165) is 16.5 Å². The Morgan fingerprint density at radius 3 is 2.59 bits per heavy atom. The van der Waals surface area contributed by atoms with E-state index in [-0.39, 0.29) is 35.4 Å². The van der Waals surface area contributed by atoms with Crippen LogP contribution in [0.4, 0.5) is 11.4 Å². The molecule has 0 radical (unpaired) electrons. The predicted octanol–water partition coefficient (Wildman–Crippen LogP) is 3.57. The van der Waals surface area contributed by atoms with Gasteiger partial charge in [-0.1, -0.05) is 12.1 Å². The molecule has 3 aromatic rings. The number of hydrogen-bond acceptors (Lipinski definition) is 6. The summed E-state index contributed by atoms with van der Waals surface area (Å²) in [5, 5.41) is 13.6. The molecular formula is C28H29N3O7S. The number of aromatic carboxylic acids is 1. The van der Waals surface area contributed by atoms with Gasteiger partial charge in [0, 0.05) is 55.4 Å². The molecule has 2 aliphatic heterocycles. The lowest BCUT2D eigenvalue weighted by Gasteiger charge is -2.31. The van der Waals surface area contributed by atoms with E-state index in [1.165, 1.54) is 28.6 Å². The number of amides is 2. The lowest BCUT2D eigenvalue weighted by molar-refractivity contribution is -0.120. The van der Waals surface area contributed by atoms with Crippen molar-refractivity contribution in [3.05, 3.63) is 65.7 Å². The highest BCUT2D eigenvalue weighted by Crippen LogP contribution is 2.41. The molecule has 11 heteroatoms. The number of sulfonamides is 1. The Balaban J connectivity index is 1.34. The van der Waals surface area contributed by atoms with E-state index in [9.17, 15) is 22.8 Å². The SMILES string of the molecule is COCCCN1C(=O)c2cccc3c(NC(=O)C4CCCN(S(=O)(=O)c5ccc(C(=O)O)cc5)C4)ccc1c23. The summed E-state index contributed by atoms with van der Waals surface area (Å²) < 4.78 is 32.8. The number of piperidine rings is 1. The third kappa shape index (κ3) is 5.00. The van der Waals surface area contributed by atoms with Gasteiger partial charge in [0.1, 0.15) is 0 Å². The molecule has 1 fully saturated rings. The normalized spacial score (nSPS) is 17.5. The lowest BCUT2D eigenvalue weighted by atomic mass is 9.98. The Hall–Kier alpha value is -3.80. The molecule has 0 saturated carbocycles. The fourth-order valence-corrected chi connectivity index (χ4v) is 6.80. The zero-order valence-electron chi connectivity index (χ0n) is 21.4. The van der Waals surface area contributed by atoms with Crippen LogP contribution in [0, 0.1) is 5.92 Å². The molecule has 0 aromatic heterocycles. The van der Waals surface area contributed by atoms with Gasteiger partial charge in [-0.05, 0) is 61.7 Å². The average Bonchev–Trinajstić information content (AvgIpc) is 3.22. The van der Waals surface area contributed by atoms with Crippen LogP contribution in [0.3, 0.4) is 0 Å². The van der Waals surface area contributed by atoms with Gasteiger partial charge < -0.3 is 20.1 Å². The minimum Gasteiger partial charge on any atom is -0.478 e. The highest BCUT2D eigenvalue weighted by molar-refractivity contribution is 7.89. The number of carboxylic acid groups (broad SMARTS) is 1. The molecule has 10 nitrogen and oxygen atoms in total. The molecule has 2 aliphatic rings. The lowest BCUT2D eigenvalue weighted by Crippen LogP contribution is -2.43. The topological polar surface area (TPSA) is 133 Å². The molecule has 5 rings (SSSR count). The predicted molar refractivity (Wildman–Crippen MR) is 146 cm³/mol. The molecule has 2 heterocycles. The van der Waals surface area contributed by atoms with Crippen LogP contribution in [0.15, 0.2) is 59.5 Å². The number of hydrogen-bond donors (Lipinski definition) is 2. The Kier molecular flexibility index (Phi) is 7.39. The molecule has 0 spiro atoms. The number of carboxylic acids is 1. The maximum absolute atomic E-state index is 13.3. The van der Waals surface area contributed by atoms with Crippen LogP contribution >= 0.6 is 0 Å². The number of nitrogens with zero attached hydrogens (tertiary/aromatic N) is 2. The summed E-state index contributed by atoms with van der Waals surface area (Å²) in [5.74, 6) is -2.08. The van der Waals surface area contributed by atoms with Gasteiger partial charge in [-0.3, -0.25) is 9.59 Å². The summed E-state index contributed by atoms with van der Waals surface area (Å²) in [4.78, 5) is 39.2. The highest BCUT2D eigenvalue weighted by atomic mass is 32.2. The van der Waals surface area contributed by atoms with Crippen molar-refractivity contribution in [1.29, 1.82) is 0 Å².